The Morgan fingerprint density at radius 3 is 2.89 bits per heavy atom. The quantitative estimate of drug-likeness (QED) is 0.872. The van der Waals surface area contributed by atoms with E-state index in [2.05, 4.69) is 5.10 Å². The number of ether oxygens (including phenoxy) is 1. The van der Waals surface area contributed by atoms with E-state index in [4.69, 9.17) is 10.5 Å². The molecule has 0 atom stereocenters. The van der Waals surface area contributed by atoms with Crippen molar-refractivity contribution in [2.24, 2.45) is 5.73 Å². The van der Waals surface area contributed by atoms with Gasteiger partial charge in [-0.3, -0.25) is 4.79 Å². The van der Waals surface area contributed by atoms with Gasteiger partial charge in [0.05, 0.1) is 12.7 Å². The Hall–Kier alpha value is -2.14. The predicted molar refractivity (Wildman–Crippen MR) is 73.1 cm³/mol. The van der Waals surface area contributed by atoms with Gasteiger partial charge in [0.1, 0.15) is 12.4 Å². The van der Waals surface area contributed by atoms with Crippen LogP contribution in [-0.4, -0.2) is 16.4 Å². The largest absolute Gasteiger partial charge is 0.491 e. The summed E-state index contributed by atoms with van der Waals surface area (Å²) < 4.78 is 7.02. The van der Waals surface area contributed by atoms with Crippen molar-refractivity contribution in [3.8, 4) is 5.75 Å². The normalized spacial score (nSPS) is 10.4. The molecule has 1 heterocycles. The van der Waals surface area contributed by atoms with E-state index in [0.29, 0.717) is 19.7 Å². The molecule has 0 amide bonds. The van der Waals surface area contributed by atoms with Crippen LogP contribution in [0.2, 0.25) is 0 Å². The average molecular weight is 259 g/mol. The highest BCUT2D eigenvalue weighted by Crippen LogP contribution is 2.16. The second-order valence-corrected chi connectivity index (χ2v) is 4.25. The van der Waals surface area contributed by atoms with E-state index in [1.54, 1.807) is 12.3 Å². The van der Waals surface area contributed by atoms with Gasteiger partial charge in [0, 0.05) is 18.2 Å². The van der Waals surface area contributed by atoms with E-state index >= 15 is 0 Å². The van der Waals surface area contributed by atoms with E-state index in [9.17, 15) is 4.79 Å². The molecule has 100 valence electrons. The number of benzene rings is 1. The van der Waals surface area contributed by atoms with Crippen LogP contribution in [0.25, 0.3) is 0 Å². The molecule has 1 aromatic heterocycles. The van der Waals surface area contributed by atoms with E-state index < -0.39 is 0 Å². The topological polar surface area (TPSA) is 70.1 Å². The lowest BCUT2D eigenvalue weighted by atomic mass is 10.2. The first-order valence-corrected chi connectivity index (χ1v) is 6.15. The average Bonchev–Trinajstić information content (AvgIpc) is 2.42. The number of rotatable bonds is 5. The molecule has 5 nitrogen and oxygen atoms in total. The number of nitrogens with zero attached hydrogens (tertiary/aromatic N) is 2. The minimum absolute atomic E-state index is 0.115. The summed E-state index contributed by atoms with van der Waals surface area (Å²) in [7, 11) is 0. The van der Waals surface area contributed by atoms with Gasteiger partial charge in [-0.05, 0) is 18.6 Å². The Kier molecular flexibility index (Phi) is 4.30. The molecule has 5 heteroatoms. The van der Waals surface area contributed by atoms with Crippen LogP contribution >= 0.6 is 0 Å². The Morgan fingerprint density at radius 1 is 1.37 bits per heavy atom. The van der Waals surface area contributed by atoms with Crippen molar-refractivity contribution in [2.75, 3.05) is 6.61 Å². The zero-order chi connectivity index (χ0) is 13.7. The summed E-state index contributed by atoms with van der Waals surface area (Å²) in [5.41, 5.74) is 7.32. The monoisotopic (exact) mass is 259 g/mol. The number of aryl methyl sites for hydroxylation is 1. The van der Waals surface area contributed by atoms with E-state index in [1.807, 2.05) is 31.2 Å². The molecular formula is C14H17N3O2. The third kappa shape index (κ3) is 3.42. The molecule has 19 heavy (non-hydrogen) atoms. The first-order chi connectivity index (χ1) is 9.20. The van der Waals surface area contributed by atoms with E-state index in [1.165, 1.54) is 4.68 Å². The Bertz CT molecular complexity index is 608. The maximum absolute atomic E-state index is 11.6. The highest BCUT2D eigenvalue weighted by Gasteiger charge is 2.02. The summed E-state index contributed by atoms with van der Waals surface area (Å²) in [5.74, 6) is 0.755. The zero-order valence-electron chi connectivity index (χ0n) is 10.9. The summed E-state index contributed by atoms with van der Waals surface area (Å²) in [6.45, 7) is 3.07. The molecule has 0 radical (unpaired) electrons. The molecule has 2 N–H and O–H groups in total. The van der Waals surface area contributed by atoms with Gasteiger partial charge in [-0.25, -0.2) is 4.68 Å². The highest BCUT2D eigenvalue weighted by molar-refractivity contribution is 5.32. The van der Waals surface area contributed by atoms with Gasteiger partial charge in [-0.2, -0.15) is 5.10 Å². The summed E-state index contributed by atoms with van der Waals surface area (Å²) >= 11 is 0. The number of nitrogens with two attached hydrogens (primary N) is 1. The van der Waals surface area contributed by atoms with E-state index in [0.717, 1.165) is 16.9 Å². The van der Waals surface area contributed by atoms with Crippen LogP contribution in [0, 0.1) is 6.92 Å². The third-order valence-electron chi connectivity index (χ3n) is 2.76. The molecule has 0 fully saturated rings. The van der Waals surface area contributed by atoms with Crippen LogP contribution in [0.4, 0.5) is 0 Å². The third-order valence-corrected chi connectivity index (χ3v) is 2.76. The lowest BCUT2D eigenvalue weighted by Gasteiger charge is -2.10. The van der Waals surface area contributed by atoms with Crippen molar-refractivity contribution in [1.82, 2.24) is 9.78 Å². The smallest absolute Gasteiger partial charge is 0.267 e. The minimum atomic E-state index is -0.115. The van der Waals surface area contributed by atoms with Crippen LogP contribution in [0.5, 0.6) is 5.75 Å². The molecule has 0 saturated heterocycles. The Balaban J connectivity index is 1.98. The number of hydrogen-bond acceptors (Lipinski definition) is 4. The van der Waals surface area contributed by atoms with Crippen molar-refractivity contribution in [3.63, 3.8) is 0 Å². The number of para-hydroxylation sites is 1. The molecule has 0 unspecified atom stereocenters. The number of aromatic nitrogens is 2. The Labute approximate surface area is 111 Å². The molecule has 1 aromatic carbocycles. The zero-order valence-corrected chi connectivity index (χ0v) is 10.9. The lowest BCUT2D eigenvalue weighted by molar-refractivity contribution is 0.285. The van der Waals surface area contributed by atoms with Crippen molar-refractivity contribution in [3.05, 3.63) is 58.0 Å². The highest BCUT2D eigenvalue weighted by atomic mass is 16.5. The summed E-state index contributed by atoms with van der Waals surface area (Å²) in [6, 6.07) is 9.16. The molecule has 2 aromatic rings. The van der Waals surface area contributed by atoms with Crippen LogP contribution in [0.1, 0.15) is 11.1 Å². The molecule has 0 spiro atoms. The molecule has 0 bridgehead atoms. The minimum Gasteiger partial charge on any atom is -0.491 e. The maximum Gasteiger partial charge on any atom is 0.267 e. The van der Waals surface area contributed by atoms with Gasteiger partial charge >= 0.3 is 0 Å². The summed E-state index contributed by atoms with van der Waals surface area (Å²) in [4.78, 5) is 11.6. The molecule has 2 rings (SSSR count). The van der Waals surface area contributed by atoms with Crippen molar-refractivity contribution in [1.29, 1.82) is 0 Å². The van der Waals surface area contributed by atoms with Crippen molar-refractivity contribution in [2.45, 2.75) is 20.0 Å². The second kappa shape index (κ2) is 6.15. The van der Waals surface area contributed by atoms with Crippen molar-refractivity contribution < 1.29 is 4.74 Å². The maximum atomic E-state index is 11.6. The lowest BCUT2D eigenvalue weighted by Crippen LogP contribution is -2.25. The fraction of sp³-hybridized carbons (Fsp3) is 0.286. The van der Waals surface area contributed by atoms with Crippen molar-refractivity contribution >= 4 is 0 Å². The fourth-order valence-electron chi connectivity index (χ4n) is 1.75. The SMILES string of the molecule is Cc1cnn(CCOc2ccccc2CN)c(=O)c1. The summed E-state index contributed by atoms with van der Waals surface area (Å²) in [6.07, 6.45) is 1.66. The molecule has 0 aliphatic carbocycles. The van der Waals surface area contributed by atoms with Gasteiger partial charge < -0.3 is 10.5 Å². The van der Waals surface area contributed by atoms with Gasteiger partial charge in [0.25, 0.3) is 5.56 Å². The van der Waals surface area contributed by atoms with Gasteiger partial charge in [-0.1, -0.05) is 18.2 Å². The van der Waals surface area contributed by atoms with E-state index in [-0.39, 0.29) is 5.56 Å². The molecule has 0 aliphatic heterocycles. The van der Waals surface area contributed by atoms with Crippen LogP contribution in [-0.2, 0) is 13.1 Å². The summed E-state index contributed by atoms with van der Waals surface area (Å²) in [5, 5.41) is 4.05. The Morgan fingerprint density at radius 2 is 2.16 bits per heavy atom. The van der Waals surface area contributed by atoms with Gasteiger partial charge in [0.15, 0.2) is 0 Å². The van der Waals surface area contributed by atoms with Crippen LogP contribution < -0.4 is 16.0 Å². The van der Waals surface area contributed by atoms with Crippen LogP contribution in [0.15, 0.2) is 41.3 Å². The van der Waals surface area contributed by atoms with Gasteiger partial charge in [-0.15, -0.1) is 0 Å². The predicted octanol–water partition coefficient (Wildman–Crippen LogP) is 1.09. The number of hydrogen-bond donors (Lipinski definition) is 1. The molecule has 0 aliphatic rings. The first-order valence-electron chi connectivity index (χ1n) is 6.15. The fourth-order valence-corrected chi connectivity index (χ4v) is 1.75. The van der Waals surface area contributed by atoms with Gasteiger partial charge in [0.2, 0.25) is 0 Å². The molecular weight excluding hydrogens is 242 g/mol. The second-order valence-electron chi connectivity index (χ2n) is 4.25. The standard InChI is InChI=1S/C14H17N3O2/c1-11-8-14(18)17(16-10-11)6-7-19-13-5-3-2-4-12(13)9-15/h2-5,8,10H,6-7,9,15H2,1H3. The first kappa shape index (κ1) is 13.3. The molecule has 0 saturated carbocycles. The van der Waals surface area contributed by atoms with Crippen LogP contribution in [0.3, 0.4) is 0 Å².